The number of benzene rings is 1. The molecule has 0 amide bonds. The molecule has 1 aromatic carbocycles. The Labute approximate surface area is 119 Å². The summed E-state index contributed by atoms with van der Waals surface area (Å²) in [7, 11) is 0. The molecule has 0 saturated heterocycles. The maximum absolute atomic E-state index is 13.0. The second-order valence-corrected chi connectivity index (χ2v) is 4.97. The molecule has 5 heteroatoms. The van der Waals surface area contributed by atoms with Gasteiger partial charge in [-0.2, -0.15) is 0 Å². The molecule has 3 rings (SSSR count). The van der Waals surface area contributed by atoms with Crippen LogP contribution in [0.3, 0.4) is 0 Å². The summed E-state index contributed by atoms with van der Waals surface area (Å²) in [6.07, 6.45) is 6.77. The molecule has 2 heterocycles. The largest absolute Gasteiger partial charge is 0.358 e. The van der Waals surface area contributed by atoms with Crippen LogP contribution >= 0.6 is 11.3 Å². The Kier molecular flexibility index (Phi) is 3.32. The Bertz CT molecular complexity index is 787. The van der Waals surface area contributed by atoms with E-state index in [1.165, 1.54) is 29.8 Å². The van der Waals surface area contributed by atoms with Crippen molar-refractivity contribution in [2.75, 3.05) is 11.9 Å². The van der Waals surface area contributed by atoms with Crippen molar-refractivity contribution in [1.82, 2.24) is 9.97 Å². The first-order valence-electron chi connectivity index (χ1n) is 5.95. The van der Waals surface area contributed by atoms with Crippen molar-refractivity contribution in [3.63, 3.8) is 0 Å². The highest BCUT2D eigenvalue weighted by molar-refractivity contribution is 7.17. The molecule has 0 aliphatic heterocycles. The van der Waals surface area contributed by atoms with E-state index in [0.29, 0.717) is 12.4 Å². The van der Waals surface area contributed by atoms with Crippen LogP contribution in [0, 0.1) is 18.2 Å². The zero-order valence-electron chi connectivity index (χ0n) is 10.4. The molecule has 0 atom stereocenters. The average molecular weight is 283 g/mol. The average Bonchev–Trinajstić information content (AvgIpc) is 2.90. The minimum Gasteiger partial charge on any atom is -0.358 e. The number of fused-ring (bicyclic) bond motifs is 1. The highest BCUT2D eigenvalue weighted by Gasteiger charge is 2.12. The van der Waals surface area contributed by atoms with Gasteiger partial charge in [-0.3, -0.25) is 0 Å². The molecule has 0 bridgehead atoms. The monoisotopic (exact) mass is 283 g/mol. The van der Waals surface area contributed by atoms with E-state index in [-0.39, 0.29) is 5.82 Å². The van der Waals surface area contributed by atoms with E-state index in [1.807, 2.05) is 5.38 Å². The quantitative estimate of drug-likeness (QED) is 0.747. The van der Waals surface area contributed by atoms with E-state index in [0.717, 1.165) is 21.3 Å². The Hall–Kier alpha value is -2.45. The van der Waals surface area contributed by atoms with Crippen molar-refractivity contribution in [3.8, 4) is 23.5 Å². The van der Waals surface area contributed by atoms with Crippen LogP contribution in [0.25, 0.3) is 21.3 Å². The van der Waals surface area contributed by atoms with Crippen LogP contribution in [0.4, 0.5) is 10.2 Å². The Morgan fingerprint density at radius 1 is 1.25 bits per heavy atom. The summed E-state index contributed by atoms with van der Waals surface area (Å²) in [5.74, 6) is 2.97. The van der Waals surface area contributed by atoms with Crippen LogP contribution in [0.15, 0.2) is 36.0 Å². The summed E-state index contributed by atoms with van der Waals surface area (Å²) in [5.41, 5.74) is 1.90. The van der Waals surface area contributed by atoms with E-state index in [1.54, 1.807) is 12.1 Å². The number of rotatable bonds is 3. The number of nitrogens with one attached hydrogen (secondary N) is 1. The second-order valence-electron chi connectivity index (χ2n) is 4.12. The SMILES string of the molecule is C#CCNc1ncnc2scc(-c3ccc(F)cc3)c12. The highest BCUT2D eigenvalue weighted by atomic mass is 32.1. The molecular weight excluding hydrogens is 273 g/mol. The topological polar surface area (TPSA) is 37.8 Å². The van der Waals surface area contributed by atoms with E-state index in [2.05, 4.69) is 21.2 Å². The number of anilines is 1. The van der Waals surface area contributed by atoms with Crippen molar-refractivity contribution in [2.45, 2.75) is 0 Å². The Morgan fingerprint density at radius 3 is 2.80 bits per heavy atom. The van der Waals surface area contributed by atoms with Crippen molar-refractivity contribution < 1.29 is 4.39 Å². The normalized spacial score (nSPS) is 10.4. The fourth-order valence-electron chi connectivity index (χ4n) is 1.99. The summed E-state index contributed by atoms with van der Waals surface area (Å²) in [4.78, 5) is 9.36. The van der Waals surface area contributed by atoms with Crippen molar-refractivity contribution >= 4 is 27.4 Å². The van der Waals surface area contributed by atoms with Gasteiger partial charge in [0.1, 0.15) is 22.8 Å². The third-order valence-corrected chi connectivity index (χ3v) is 3.77. The molecule has 0 aliphatic rings. The first kappa shape index (κ1) is 12.6. The van der Waals surface area contributed by atoms with Crippen LogP contribution < -0.4 is 5.32 Å². The number of nitrogens with zero attached hydrogens (tertiary/aromatic N) is 2. The summed E-state index contributed by atoms with van der Waals surface area (Å²) < 4.78 is 13.0. The molecule has 20 heavy (non-hydrogen) atoms. The first-order chi connectivity index (χ1) is 9.79. The number of halogens is 1. The maximum Gasteiger partial charge on any atom is 0.139 e. The minimum atomic E-state index is -0.254. The Balaban J connectivity index is 2.16. The van der Waals surface area contributed by atoms with Gasteiger partial charge < -0.3 is 5.32 Å². The van der Waals surface area contributed by atoms with Crippen LogP contribution in [0.1, 0.15) is 0 Å². The fraction of sp³-hybridized carbons (Fsp3) is 0.0667. The summed E-state index contributed by atoms with van der Waals surface area (Å²) in [6.45, 7) is 0.394. The molecule has 0 spiro atoms. The highest BCUT2D eigenvalue weighted by Crippen LogP contribution is 2.36. The maximum atomic E-state index is 13.0. The summed E-state index contributed by atoms with van der Waals surface area (Å²) in [6, 6.07) is 6.37. The number of aromatic nitrogens is 2. The van der Waals surface area contributed by atoms with Gasteiger partial charge in [0.05, 0.1) is 11.9 Å². The minimum absolute atomic E-state index is 0.254. The van der Waals surface area contributed by atoms with E-state index >= 15 is 0 Å². The molecule has 98 valence electrons. The van der Waals surface area contributed by atoms with Gasteiger partial charge in [-0.05, 0) is 17.7 Å². The number of terminal acetylenes is 1. The molecular formula is C15H10FN3S. The lowest BCUT2D eigenvalue weighted by Crippen LogP contribution is -2.01. The van der Waals surface area contributed by atoms with Crippen LogP contribution in [0.5, 0.6) is 0 Å². The van der Waals surface area contributed by atoms with Crippen molar-refractivity contribution in [1.29, 1.82) is 0 Å². The van der Waals surface area contributed by atoms with Gasteiger partial charge in [0, 0.05) is 10.9 Å². The molecule has 0 radical (unpaired) electrons. The van der Waals surface area contributed by atoms with Crippen molar-refractivity contribution in [3.05, 3.63) is 41.8 Å². The van der Waals surface area contributed by atoms with Gasteiger partial charge in [0.2, 0.25) is 0 Å². The van der Waals surface area contributed by atoms with E-state index in [4.69, 9.17) is 6.42 Å². The molecule has 3 aromatic rings. The summed E-state index contributed by atoms with van der Waals surface area (Å²) in [5, 5.41) is 6.00. The molecule has 1 N–H and O–H groups in total. The molecule has 3 nitrogen and oxygen atoms in total. The zero-order chi connectivity index (χ0) is 13.9. The summed E-state index contributed by atoms with van der Waals surface area (Å²) >= 11 is 1.52. The standard InChI is InChI=1S/C15H10FN3S/c1-2-7-17-14-13-12(8-20-15(13)19-9-18-14)10-3-5-11(16)6-4-10/h1,3-6,8-9H,7H2,(H,17,18,19). The van der Waals surface area contributed by atoms with Gasteiger partial charge in [0.25, 0.3) is 0 Å². The smallest absolute Gasteiger partial charge is 0.139 e. The van der Waals surface area contributed by atoms with Crippen LogP contribution in [0.2, 0.25) is 0 Å². The van der Waals surface area contributed by atoms with Crippen molar-refractivity contribution in [2.24, 2.45) is 0 Å². The van der Waals surface area contributed by atoms with Crippen LogP contribution in [-0.4, -0.2) is 16.5 Å². The molecule has 2 aromatic heterocycles. The van der Waals surface area contributed by atoms with Gasteiger partial charge in [-0.25, -0.2) is 14.4 Å². The number of hydrogen-bond acceptors (Lipinski definition) is 4. The zero-order valence-corrected chi connectivity index (χ0v) is 11.2. The predicted molar refractivity (Wildman–Crippen MR) is 80.1 cm³/mol. The van der Waals surface area contributed by atoms with E-state index < -0.39 is 0 Å². The van der Waals surface area contributed by atoms with Gasteiger partial charge in [0.15, 0.2) is 0 Å². The predicted octanol–water partition coefficient (Wildman–Crippen LogP) is 3.54. The second kappa shape index (κ2) is 5.27. The molecule has 0 aliphatic carbocycles. The fourth-order valence-corrected chi connectivity index (χ4v) is 2.90. The lowest BCUT2D eigenvalue weighted by atomic mass is 10.1. The first-order valence-corrected chi connectivity index (χ1v) is 6.83. The van der Waals surface area contributed by atoms with Gasteiger partial charge >= 0.3 is 0 Å². The lowest BCUT2D eigenvalue weighted by molar-refractivity contribution is 0.628. The molecule has 0 fully saturated rings. The van der Waals surface area contributed by atoms with Crippen LogP contribution in [-0.2, 0) is 0 Å². The third kappa shape index (κ3) is 2.22. The molecule has 0 saturated carbocycles. The lowest BCUT2D eigenvalue weighted by Gasteiger charge is -2.05. The third-order valence-electron chi connectivity index (χ3n) is 2.88. The Morgan fingerprint density at radius 2 is 2.05 bits per heavy atom. The number of thiophene rings is 1. The molecule has 0 unspecified atom stereocenters. The number of hydrogen-bond donors (Lipinski definition) is 1. The van der Waals surface area contributed by atoms with Gasteiger partial charge in [-0.15, -0.1) is 17.8 Å². The van der Waals surface area contributed by atoms with Gasteiger partial charge in [-0.1, -0.05) is 18.1 Å². The van der Waals surface area contributed by atoms with E-state index in [9.17, 15) is 4.39 Å².